The van der Waals surface area contributed by atoms with Gasteiger partial charge >= 0.3 is 0 Å². The van der Waals surface area contributed by atoms with Gasteiger partial charge in [0.05, 0.1) is 23.4 Å². The second-order valence-corrected chi connectivity index (χ2v) is 10.9. The summed E-state index contributed by atoms with van der Waals surface area (Å²) in [6.45, 7) is 1.21. The first kappa shape index (κ1) is 27.3. The Morgan fingerprint density at radius 3 is 2.18 bits per heavy atom. The van der Waals surface area contributed by atoms with E-state index in [1.165, 1.54) is 31.4 Å². The van der Waals surface area contributed by atoms with Gasteiger partial charge in [-0.05, 0) is 67.1 Å². The number of hydrogen-bond donors (Lipinski definition) is 1. The Kier molecular flexibility index (Phi) is 8.46. The molecule has 4 aromatic carbocycles. The Balaban J connectivity index is 1.68. The number of nitrogens with zero attached hydrogens (tertiary/aromatic N) is 1. The van der Waals surface area contributed by atoms with Crippen molar-refractivity contribution in [2.24, 2.45) is 0 Å². The molecule has 0 heterocycles. The van der Waals surface area contributed by atoms with Crippen LogP contribution in [0.1, 0.15) is 5.56 Å². The van der Waals surface area contributed by atoms with Gasteiger partial charge in [-0.1, -0.05) is 59.6 Å². The van der Waals surface area contributed by atoms with E-state index in [2.05, 4.69) is 5.32 Å². The lowest BCUT2D eigenvalue weighted by Crippen LogP contribution is -2.38. The normalized spacial score (nSPS) is 11.1. The van der Waals surface area contributed by atoms with Crippen molar-refractivity contribution in [1.82, 2.24) is 0 Å². The first-order valence-corrected chi connectivity index (χ1v) is 13.6. The lowest BCUT2D eigenvalue weighted by atomic mass is 10.2. The molecule has 1 N–H and O–H groups in total. The summed E-state index contributed by atoms with van der Waals surface area (Å²) >= 11 is 12.4. The Morgan fingerprint density at radius 1 is 0.842 bits per heavy atom. The Hall–Kier alpha value is -3.72. The second kappa shape index (κ2) is 11.8. The van der Waals surface area contributed by atoms with Gasteiger partial charge in [0.15, 0.2) is 17.2 Å². The van der Waals surface area contributed by atoms with E-state index in [9.17, 15) is 13.2 Å². The van der Waals surface area contributed by atoms with Crippen LogP contribution in [0.15, 0.2) is 95.9 Å². The standard InChI is InChI=1S/C28H24Cl2N2O5S/c1-19-12-13-21(30)17-24(19)32(38(34,35)22-8-4-3-5-9-22)18-28(33)31-23-16-20(29)14-15-25(23)37-27-11-7-6-10-26(27)36-2/h3-17H,18H2,1-2H3,(H,31,33). The minimum atomic E-state index is -4.12. The zero-order valence-corrected chi connectivity index (χ0v) is 22.8. The predicted octanol–water partition coefficient (Wildman–Crippen LogP) is 6.94. The van der Waals surface area contributed by atoms with Crippen molar-refractivity contribution in [3.05, 3.63) is 107 Å². The Morgan fingerprint density at radius 2 is 1.47 bits per heavy atom. The molecule has 0 radical (unpaired) electrons. The fourth-order valence-corrected chi connectivity index (χ4v) is 5.54. The summed E-state index contributed by atoms with van der Waals surface area (Å²) in [6.07, 6.45) is 0. The summed E-state index contributed by atoms with van der Waals surface area (Å²) in [5.74, 6) is 0.603. The van der Waals surface area contributed by atoms with Gasteiger partial charge in [-0.2, -0.15) is 0 Å². The number of methoxy groups -OCH3 is 1. The van der Waals surface area contributed by atoms with Gasteiger partial charge in [-0.3, -0.25) is 9.10 Å². The third kappa shape index (κ3) is 6.22. The number of anilines is 2. The molecule has 0 saturated carbocycles. The summed E-state index contributed by atoms with van der Waals surface area (Å²) in [5.41, 5.74) is 1.17. The first-order valence-electron chi connectivity index (χ1n) is 11.4. The number of rotatable bonds is 9. The summed E-state index contributed by atoms with van der Waals surface area (Å²) in [7, 11) is -2.60. The van der Waals surface area contributed by atoms with Crippen LogP contribution in [-0.4, -0.2) is 28.0 Å². The van der Waals surface area contributed by atoms with Gasteiger partial charge in [0.2, 0.25) is 5.91 Å². The van der Waals surface area contributed by atoms with Crippen molar-refractivity contribution in [3.63, 3.8) is 0 Å². The largest absolute Gasteiger partial charge is 0.493 e. The smallest absolute Gasteiger partial charge is 0.264 e. The molecule has 4 rings (SSSR count). The lowest BCUT2D eigenvalue weighted by Gasteiger charge is -2.26. The maximum atomic E-state index is 13.7. The maximum Gasteiger partial charge on any atom is 0.264 e. The van der Waals surface area contributed by atoms with E-state index < -0.39 is 22.5 Å². The molecule has 0 aliphatic heterocycles. The highest BCUT2D eigenvalue weighted by atomic mass is 35.5. The molecule has 0 spiro atoms. The number of carbonyl (C=O) groups is 1. The van der Waals surface area contributed by atoms with Gasteiger partial charge in [0.25, 0.3) is 10.0 Å². The number of sulfonamides is 1. The SMILES string of the molecule is COc1ccccc1Oc1ccc(Cl)cc1NC(=O)CN(c1cc(Cl)ccc1C)S(=O)(=O)c1ccccc1. The lowest BCUT2D eigenvalue weighted by molar-refractivity contribution is -0.114. The molecule has 0 aliphatic carbocycles. The molecule has 0 aromatic heterocycles. The molecular weight excluding hydrogens is 547 g/mol. The van der Waals surface area contributed by atoms with Crippen LogP contribution in [0, 0.1) is 6.92 Å². The van der Waals surface area contributed by atoms with Crippen molar-refractivity contribution in [2.45, 2.75) is 11.8 Å². The summed E-state index contributed by atoms with van der Waals surface area (Å²) < 4.78 is 39.7. The second-order valence-electron chi connectivity index (χ2n) is 8.20. The number of hydrogen-bond acceptors (Lipinski definition) is 5. The van der Waals surface area contributed by atoms with Crippen molar-refractivity contribution in [3.8, 4) is 17.2 Å². The van der Waals surface area contributed by atoms with Crippen LogP contribution in [0.5, 0.6) is 17.2 Å². The molecule has 0 aliphatic rings. The van der Waals surface area contributed by atoms with Gasteiger partial charge in [0, 0.05) is 10.0 Å². The third-order valence-electron chi connectivity index (χ3n) is 5.56. The molecule has 4 aromatic rings. The van der Waals surface area contributed by atoms with Crippen molar-refractivity contribution in [1.29, 1.82) is 0 Å². The zero-order valence-electron chi connectivity index (χ0n) is 20.5. The van der Waals surface area contributed by atoms with Crippen LogP contribution in [0.25, 0.3) is 0 Å². The van der Waals surface area contributed by atoms with E-state index in [1.807, 2.05) is 0 Å². The summed E-state index contributed by atoms with van der Waals surface area (Å²) in [5, 5.41) is 3.43. The molecular formula is C28H24Cl2N2O5S. The Labute approximate surface area is 231 Å². The number of ether oxygens (including phenoxy) is 2. The minimum Gasteiger partial charge on any atom is -0.493 e. The summed E-state index contributed by atoms with van der Waals surface area (Å²) in [6, 6.07) is 24.5. The third-order valence-corrected chi connectivity index (χ3v) is 7.81. The fourth-order valence-electron chi connectivity index (χ4n) is 3.70. The first-order chi connectivity index (χ1) is 18.2. The van der Waals surface area contributed by atoms with Gasteiger partial charge in [-0.25, -0.2) is 8.42 Å². The minimum absolute atomic E-state index is 0.0372. The van der Waals surface area contributed by atoms with Gasteiger partial charge < -0.3 is 14.8 Å². The number of para-hydroxylation sites is 2. The molecule has 1 amide bonds. The molecule has 7 nitrogen and oxygen atoms in total. The summed E-state index contributed by atoms with van der Waals surface area (Å²) in [4.78, 5) is 13.4. The number of aryl methyl sites for hydroxylation is 1. The molecule has 0 saturated heterocycles. The van der Waals surface area contributed by atoms with E-state index in [1.54, 1.807) is 73.7 Å². The zero-order chi connectivity index (χ0) is 27.3. The number of nitrogens with one attached hydrogen (secondary N) is 1. The monoisotopic (exact) mass is 570 g/mol. The van der Waals surface area contributed by atoms with Crippen LogP contribution in [0.2, 0.25) is 10.0 Å². The number of amides is 1. The number of carbonyl (C=O) groups excluding carboxylic acids is 1. The molecule has 0 bridgehead atoms. The van der Waals surface area contributed by atoms with Crippen LogP contribution >= 0.6 is 23.2 Å². The van der Waals surface area contributed by atoms with Crippen LogP contribution in [0.4, 0.5) is 11.4 Å². The molecule has 0 atom stereocenters. The van der Waals surface area contributed by atoms with E-state index in [0.29, 0.717) is 32.9 Å². The highest BCUT2D eigenvalue weighted by Gasteiger charge is 2.29. The van der Waals surface area contributed by atoms with Crippen molar-refractivity contribution < 1.29 is 22.7 Å². The molecule has 196 valence electrons. The molecule has 0 fully saturated rings. The van der Waals surface area contributed by atoms with E-state index in [4.69, 9.17) is 32.7 Å². The molecule has 10 heteroatoms. The topological polar surface area (TPSA) is 84.9 Å². The van der Waals surface area contributed by atoms with Crippen molar-refractivity contribution in [2.75, 3.05) is 23.3 Å². The fraction of sp³-hybridized carbons (Fsp3) is 0.107. The van der Waals surface area contributed by atoms with Crippen LogP contribution in [-0.2, 0) is 14.8 Å². The quantitative estimate of drug-likeness (QED) is 0.235. The average Bonchev–Trinajstić information content (AvgIpc) is 2.91. The maximum absolute atomic E-state index is 13.7. The number of halogens is 2. The van der Waals surface area contributed by atoms with E-state index >= 15 is 0 Å². The highest BCUT2D eigenvalue weighted by molar-refractivity contribution is 7.92. The van der Waals surface area contributed by atoms with E-state index in [-0.39, 0.29) is 16.3 Å². The number of benzene rings is 4. The highest BCUT2D eigenvalue weighted by Crippen LogP contribution is 2.36. The average molecular weight is 571 g/mol. The van der Waals surface area contributed by atoms with Crippen LogP contribution in [0.3, 0.4) is 0 Å². The molecule has 0 unspecified atom stereocenters. The van der Waals surface area contributed by atoms with E-state index in [0.717, 1.165) is 4.31 Å². The Bertz CT molecular complexity index is 1560. The predicted molar refractivity (Wildman–Crippen MR) is 150 cm³/mol. The van der Waals surface area contributed by atoms with Crippen molar-refractivity contribution >= 4 is 50.5 Å². The van der Waals surface area contributed by atoms with Gasteiger partial charge in [0.1, 0.15) is 6.54 Å². The molecule has 38 heavy (non-hydrogen) atoms. The van der Waals surface area contributed by atoms with Crippen LogP contribution < -0.4 is 19.1 Å². The van der Waals surface area contributed by atoms with Gasteiger partial charge in [-0.15, -0.1) is 0 Å².